The number of benzene rings is 2. The average molecular weight is 445 g/mol. The first kappa shape index (κ1) is 23.9. The van der Waals surface area contributed by atoms with E-state index in [1.807, 2.05) is 37.8 Å². The van der Waals surface area contributed by atoms with Crippen molar-refractivity contribution in [3.05, 3.63) is 101 Å². The SMILES string of the molecule is CCOC(=O)/C=C(C)/C=C/C=C(\C)c1ccc2c(c1)C(Sc1ccccc1)=CCC2(C)C. The number of hydrogen-bond acceptors (Lipinski definition) is 3. The van der Waals surface area contributed by atoms with E-state index in [-0.39, 0.29) is 11.4 Å². The van der Waals surface area contributed by atoms with Gasteiger partial charge in [-0.05, 0) is 78.6 Å². The monoisotopic (exact) mass is 444 g/mol. The number of allylic oxidation sites excluding steroid dienone is 6. The van der Waals surface area contributed by atoms with E-state index in [1.54, 1.807) is 0 Å². The fraction of sp³-hybridized carbons (Fsp3) is 0.276. The number of esters is 1. The topological polar surface area (TPSA) is 26.3 Å². The lowest BCUT2D eigenvalue weighted by Gasteiger charge is -2.32. The summed E-state index contributed by atoms with van der Waals surface area (Å²) in [7, 11) is 0. The Labute approximate surface area is 196 Å². The van der Waals surface area contributed by atoms with Crippen LogP contribution >= 0.6 is 11.8 Å². The standard InChI is InChI=1S/C29H32O2S/c1-6-31-28(30)19-21(2)11-10-12-22(3)23-15-16-26-25(20-23)27(17-18-29(26,4)5)32-24-13-8-7-9-14-24/h7-17,19-20H,6,18H2,1-5H3/b11-10+,21-19+,22-12+. The summed E-state index contributed by atoms with van der Waals surface area (Å²) < 4.78 is 4.96. The van der Waals surface area contributed by atoms with Crippen molar-refractivity contribution in [2.24, 2.45) is 0 Å². The van der Waals surface area contributed by atoms with E-state index in [1.165, 1.54) is 38.1 Å². The molecule has 0 amide bonds. The highest BCUT2D eigenvalue weighted by atomic mass is 32.2. The van der Waals surface area contributed by atoms with Crippen molar-refractivity contribution in [1.82, 2.24) is 0 Å². The van der Waals surface area contributed by atoms with Gasteiger partial charge in [0.15, 0.2) is 0 Å². The van der Waals surface area contributed by atoms with E-state index in [0.29, 0.717) is 6.61 Å². The van der Waals surface area contributed by atoms with Crippen LogP contribution in [0.15, 0.2) is 89.4 Å². The van der Waals surface area contributed by atoms with Gasteiger partial charge in [0.05, 0.1) is 6.61 Å². The van der Waals surface area contributed by atoms with Gasteiger partial charge in [-0.2, -0.15) is 0 Å². The summed E-state index contributed by atoms with van der Waals surface area (Å²) >= 11 is 1.84. The van der Waals surface area contributed by atoms with Crippen LogP contribution in [0, 0.1) is 0 Å². The smallest absolute Gasteiger partial charge is 0.330 e. The lowest BCUT2D eigenvalue weighted by atomic mass is 9.75. The van der Waals surface area contributed by atoms with Crippen LogP contribution in [0.5, 0.6) is 0 Å². The van der Waals surface area contributed by atoms with Gasteiger partial charge in [-0.25, -0.2) is 4.79 Å². The molecule has 0 bridgehead atoms. The molecular weight excluding hydrogens is 412 g/mol. The Hall–Kier alpha value is -2.78. The number of carbonyl (C=O) groups excluding carboxylic acids is 1. The Morgan fingerprint density at radius 3 is 2.59 bits per heavy atom. The zero-order chi connectivity index (χ0) is 23.1. The van der Waals surface area contributed by atoms with Crippen LogP contribution in [-0.2, 0) is 14.9 Å². The lowest BCUT2D eigenvalue weighted by Crippen LogP contribution is -2.21. The molecule has 3 heteroatoms. The van der Waals surface area contributed by atoms with Crippen LogP contribution in [0.2, 0.25) is 0 Å². The molecule has 0 spiro atoms. The number of hydrogen-bond donors (Lipinski definition) is 0. The molecule has 0 aliphatic heterocycles. The summed E-state index contributed by atoms with van der Waals surface area (Å²) in [4.78, 5) is 14.1. The van der Waals surface area contributed by atoms with Gasteiger partial charge in [-0.3, -0.25) is 0 Å². The maximum absolute atomic E-state index is 11.6. The third-order valence-electron chi connectivity index (χ3n) is 5.58. The maximum atomic E-state index is 11.6. The van der Waals surface area contributed by atoms with Crippen molar-refractivity contribution in [3.63, 3.8) is 0 Å². The quantitative estimate of drug-likeness (QED) is 0.246. The molecule has 0 aromatic heterocycles. The summed E-state index contributed by atoms with van der Waals surface area (Å²) in [6, 6.07) is 17.4. The molecule has 0 heterocycles. The second-order valence-corrected chi connectivity index (χ2v) is 9.80. The van der Waals surface area contributed by atoms with Crippen LogP contribution in [0.3, 0.4) is 0 Å². The highest BCUT2D eigenvalue weighted by Crippen LogP contribution is 2.46. The molecule has 0 atom stereocenters. The van der Waals surface area contributed by atoms with E-state index in [0.717, 1.165) is 12.0 Å². The zero-order valence-electron chi connectivity index (χ0n) is 19.6. The molecular formula is C29H32O2S. The maximum Gasteiger partial charge on any atom is 0.330 e. The van der Waals surface area contributed by atoms with Gasteiger partial charge in [-0.15, -0.1) is 0 Å². The Bertz CT molecular complexity index is 1090. The number of rotatable bonds is 7. The van der Waals surface area contributed by atoms with Crippen molar-refractivity contribution in [1.29, 1.82) is 0 Å². The van der Waals surface area contributed by atoms with Gasteiger partial charge >= 0.3 is 5.97 Å². The average Bonchev–Trinajstić information content (AvgIpc) is 2.76. The first-order valence-electron chi connectivity index (χ1n) is 11.1. The highest BCUT2D eigenvalue weighted by Gasteiger charge is 2.28. The van der Waals surface area contributed by atoms with E-state index in [2.05, 4.69) is 81.5 Å². The molecule has 2 aromatic carbocycles. The van der Waals surface area contributed by atoms with E-state index in [9.17, 15) is 4.79 Å². The van der Waals surface area contributed by atoms with E-state index < -0.39 is 0 Å². The van der Waals surface area contributed by atoms with Gasteiger partial charge < -0.3 is 4.74 Å². The van der Waals surface area contributed by atoms with Crippen LogP contribution < -0.4 is 0 Å². The predicted octanol–water partition coefficient (Wildman–Crippen LogP) is 7.97. The molecule has 0 saturated heterocycles. The first-order valence-corrected chi connectivity index (χ1v) is 11.9. The summed E-state index contributed by atoms with van der Waals surface area (Å²) in [5.74, 6) is -0.303. The zero-order valence-corrected chi connectivity index (χ0v) is 20.5. The molecule has 32 heavy (non-hydrogen) atoms. The molecule has 1 aliphatic rings. The minimum Gasteiger partial charge on any atom is -0.463 e. The second kappa shape index (κ2) is 10.7. The van der Waals surface area contributed by atoms with Gasteiger partial charge in [0.2, 0.25) is 0 Å². The summed E-state index contributed by atoms with van der Waals surface area (Å²) in [5.41, 5.74) is 6.10. The Balaban J connectivity index is 1.86. The molecule has 2 nitrogen and oxygen atoms in total. The fourth-order valence-corrected chi connectivity index (χ4v) is 4.71. The molecule has 1 aliphatic carbocycles. The van der Waals surface area contributed by atoms with Gasteiger partial charge in [0.1, 0.15) is 0 Å². The van der Waals surface area contributed by atoms with Crippen LogP contribution in [-0.4, -0.2) is 12.6 Å². The van der Waals surface area contributed by atoms with Gasteiger partial charge in [0.25, 0.3) is 0 Å². The van der Waals surface area contributed by atoms with E-state index in [4.69, 9.17) is 4.74 Å². The third kappa shape index (κ3) is 6.14. The molecule has 0 unspecified atom stereocenters. The van der Waals surface area contributed by atoms with Crippen molar-refractivity contribution < 1.29 is 9.53 Å². The molecule has 166 valence electrons. The number of ether oxygens (including phenoxy) is 1. The third-order valence-corrected chi connectivity index (χ3v) is 6.69. The number of carbonyl (C=O) groups is 1. The Morgan fingerprint density at radius 1 is 1.12 bits per heavy atom. The van der Waals surface area contributed by atoms with Crippen molar-refractivity contribution in [2.45, 2.75) is 51.3 Å². The summed E-state index contributed by atoms with van der Waals surface area (Å²) in [6.45, 7) is 10.8. The Kier molecular flexibility index (Phi) is 7.98. The van der Waals surface area contributed by atoms with Crippen molar-refractivity contribution in [3.8, 4) is 0 Å². The van der Waals surface area contributed by atoms with Gasteiger partial charge in [-0.1, -0.05) is 80.2 Å². The molecule has 0 radical (unpaired) electrons. The van der Waals surface area contributed by atoms with Crippen LogP contribution in [0.1, 0.15) is 57.7 Å². The molecule has 0 saturated carbocycles. The second-order valence-electron chi connectivity index (χ2n) is 8.68. The van der Waals surface area contributed by atoms with Crippen LogP contribution in [0.4, 0.5) is 0 Å². The normalized spacial score (nSPS) is 16.0. The fourth-order valence-electron chi connectivity index (χ4n) is 3.72. The lowest BCUT2D eigenvalue weighted by molar-refractivity contribution is -0.137. The molecule has 3 rings (SSSR count). The molecule has 2 aromatic rings. The largest absolute Gasteiger partial charge is 0.463 e. The summed E-state index contributed by atoms with van der Waals surface area (Å²) in [6.07, 6.45) is 10.9. The Morgan fingerprint density at radius 2 is 1.88 bits per heavy atom. The number of thioether (sulfide) groups is 1. The first-order chi connectivity index (χ1) is 15.3. The molecule has 0 N–H and O–H groups in total. The minimum atomic E-state index is -0.303. The van der Waals surface area contributed by atoms with Crippen molar-refractivity contribution in [2.75, 3.05) is 6.61 Å². The van der Waals surface area contributed by atoms with E-state index >= 15 is 0 Å². The highest BCUT2D eigenvalue weighted by molar-refractivity contribution is 8.08. The van der Waals surface area contributed by atoms with Crippen molar-refractivity contribution >= 4 is 28.2 Å². The minimum absolute atomic E-state index is 0.126. The van der Waals surface area contributed by atoms with Crippen LogP contribution in [0.25, 0.3) is 10.5 Å². The molecule has 0 fully saturated rings. The summed E-state index contributed by atoms with van der Waals surface area (Å²) in [5, 5.41) is 0. The number of fused-ring (bicyclic) bond motifs is 1. The van der Waals surface area contributed by atoms with Gasteiger partial charge in [0, 0.05) is 15.9 Å². The predicted molar refractivity (Wildman–Crippen MR) is 138 cm³/mol.